The minimum atomic E-state index is -0.591. The summed E-state index contributed by atoms with van der Waals surface area (Å²) in [5.74, 6) is -0.530. The molecule has 0 bridgehead atoms. The Morgan fingerprint density at radius 3 is 1.89 bits per heavy atom. The Hall–Kier alpha value is -4.13. The van der Waals surface area contributed by atoms with Crippen LogP contribution in [0.3, 0.4) is 0 Å². The minimum absolute atomic E-state index is 0.00384. The number of benzene rings is 4. The van der Waals surface area contributed by atoms with Crippen LogP contribution in [0.4, 0.5) is 0 Å². The molecule has 2 aliphatic rings. The number of nitrogens with zero attached hydrogens (tertiary/aromatic N) is 3. The summed E-state index contributed by atoms with van der Waals surface area (Å²) in [6.45, 7) is 1.18. The zero-order valence-corrected chi connectivity index (χ0v) is 25.6. The van der Waals surface area contributed by atoms with Crippen molar-refractivity contribution in [2.45, 2.75) is 43.6 Å². The van der Waals surface area contributed by atoms with Gasteiger partial charge in [-0.05, 0) is 90.9 Å². The summed E-state index contributed by atoms with van der Waals surface area (Å²) in [7, 11) is 0. The maximum absolute atomic E-state index is 13.4. The average molecular weight is 624 g/mol. The van der Waals surface area contributed by atoms with Crippen molar-refractivity contribution < 1.29 is 9.59 Å². The molecule has 44 heavy (non-hydrogen) atoms. The molecule has 5 aromatic rings. The third-order valence-corrected chi connectivity index (χ3v) is 9.49. The molecule has 6 nitrogen and oxygen atoms in total. The Morgan fingerprint density at radius 1 is 0.750 bits per heavy atom. The number of rotatable bonds is 7. The Morgan fingerprint density at radius 2 is 1.32 bits per heavy atom. The molecule has 4 aromatic carbocycles. The molecule has 0 radical (unpaired) electrons. The number of carbonyl (C=O) groups excluding carboxylic acids is 2. The van der Waals surface area contributed by atoms with E-state index in [2.05, 4.69) is 47.1 Å². The number of hydrogen-bond donors (Lipinski definition) is 1. The Kier molecular flexibility index (Phi) is 7.65. The van der Waals surface area contributed by atoms with E-state index < -0.39 is 5.91 Å². The number of aromatic nitrogens is 2. The van der Waals surface area contributed by atoms with Gasteiger partial charge in [-0.1, -0.05) is 65.7 Å². The smallest absolute Gasteiger partial charge is 0.254 e. The standard InChI is InChI=1S/C36H32Cl2N4O2/c37-26-10-5-22(6-11-26)33(23-7-12-27(38)13-8-23)25-9-16-32-31(21-25)34(40-42(32)28-14-15-28)24-17-19-41(20-18-24)36(44)30-4-2-1-3-29(30)35(39)43/h1-13,16,21,24,28,33H,14-15,17-20H2,(H2,39,43). The van der Waals surface area contributed by atoms with Crippen LogP contribution in [0.2, 0.25) is 10.0 Å². The largest absolute Gasteiger partial charge is 0.366 e. The van der Waals surface area contributed by atoms with Gasteiger partial charge in [0.15, 0.2) is 0 Å². The summed E-state index contributed by atoms with van der Waals surface area (Å²) in [5, 5.41) is 7.81. The number of fused-ring (bicyclic) bond motifs is 1. The number of primary amides is 1. The number of piperidine rings is 1. The lowest BCUT2D eigenvalue weighted by Crippen LogP contribution is -2.39. The number of halogens is 2. The van der Waals surface area contributed by atoms with Crippen LogP contribution < -0.4 is 5.73 Å². The average Bonchev–Trinajstić information content (AvgIpc) is 3.83. The lowest BCUT2D eigenvalue weighted by molar-refractivity contribution is 0.0708. The normalized spacial score (nSPS) is 15.7. The van der Waals surface area contributed by atoms with E-state index in [4.69, 9.17) is 34.0 Å². The van der Waals surface area contributed by atoms with Gasteiger partial charge in [-0.25, -0.2) is 0 Å². The second-order valence-electron chi connectivity index (χ2n) is 11.8. The number of carbonyl (C=O) groups is 2. The van der Waals surface area contributed by atoms with Crippen LogP contribution in [0.25, 0.3) is 10.9 Å². The highest BCUT2D eigenvalue weighted by molar-refractivity contribution is 6.30. The van der Waals surface area contributed by atoms with Crippen molar-refractivity contribution in [2.75, 3.05) is 13.1 Å². The topological polar surface area (TPSA) is 81.2 Å². The maximum atomic E-state index is 13.4. The van der Waals surface area contributed by atoms with Crippen molar-refractivity contribution >= 4 is 45.9 Å². The second-order valence-corrected chi connectivity index (χ2v) is 12.7. The van der Waals surface area contributed by atoms with Gasteiger partial charge in [-0.2, -0.15) is 5.10 Å². The highest BCUT2D eigenvalue weighted by atomic mass is 35.5. The minimum Gasteiger partial charge on any atom is -0.366 e. The van der Waals surface area contributed by atoms with E-state index in [1.165, 1.54) is 10.9 Å². The van der Waals surface area contributed by atoms with E-state index in [0.717, 1.165) is 48.0 Å². The van der Waals surface area contributed by atoms with Crippen LogP contribution in [-0.2, 0) is 0 Å². The molecule has 1 aromatic heterocycles. The fraction of sp³-hybridized carbons (Fsp3) is 0.250. The lowest BCUT2D eigenvalue weighted by atomic mass is 9.84. The molecule has 0 atom stereocenters. The van der Waals surface area contributed by atoms with Crippen molar-refractivity contribution in [3.05, 3.63) is 135 Å². The van der Waals surface area contributed by atoms with Crippen LogP contribution in [0.5, 0.6) is 0 Å². The van der Waals surface area contributed by atoms with Crippen molar-refractivity contribution in [2.24, 2.45) is 5.73 Å². The van der Waals surface area contributed by atoms with Crippen LogP contribution >= 0.6 is 23.2 Å². The fourth-order valence-corrected chi connectivity index (χ4v) is 6.81. The summed E-state index contributed by atoms with van der Waals surface area (Å²) in [6.07, 6.45) is 3.87. The Bertz CT molecular complexity index is 1810. The van der Waals surface area contributed by atoms with Crippen molar-refractivity contribution in [3.8, 4) is 0 Å². The number of likely N-dealkylation sites (tertiary alicyclic amines) is 1. The number of hydrogen-bond acceptors (Lipinski definition) is 3. The molecule has 8 heteroatoms. The van der Waals surface area contributed by atoms with Gasteiger partial charge in [0.2, 0.25) is 5.91 Å². The monoisotopic (exact) mass is 622 g/mol. The second kappa shape index (κ2) is 11.8. The van der Waals surface area contributed by atoms with Gasteiger partial charge in [-0.15, -0.1) is 0 Å². The first kappa shape index (κ1) is 28.6. The third-order valence-electron chi connectivity index (χ3n) is 8.98. The number of amides is 2. The van der Waals surface area contributed by atoms with Gasteiger partial charge in [0.05, 0.1) is 28.4 Å². The van der Waals surface area contributed by atoms with Gasteiger partial charge in [0, 0.05) is 40.4 Å². The van der Waals surface area contributed by atoms with Crippen LogP contribution in [0, 0.1) is 0 Å². The summed E-state index contributed by atoms with van der Waals surface area (Å²) in [5.41, 5.74) is 11.9. The van der Waals surface area contributed by atoms with E-state index in [-0.39, 0.29) is 23.3 Å². The molecule has 1 saturated carbocycles. The summed E-state index contributed by atoms with van der Waals surface area (Å²) in [4.78, 5) is 27.2. The van der Waals surface area contributed by atoms with Gasteiger partial charge >= 0.3 is 0 Å². The van der Waals surface area contributed by atoms with E-state index in [1.807, 2.05) is 29.2 Å². The van der Waals surface area contributed by atoms with E-state index in [0.29, 0.717) is 34.7 Å². The van der Waals surface area contributed by atoms with Crippen molar-refractivity contribution in [3.63, 3.8) is 0 Å². The molecular formula is C36H32Cl2N4O2. The predicted octanol–water partition coefficient (Wildman–Crippen LogP) is 7.98. The third kappa shape index (κ3) is 5.49. The highest BCUT2D eigenvalue weighted by Crippen LogP contribution is 2.42. The summed E-state index contributed by atoms with van der Waals surface area (Å²) in [6, 6.07) is 30.1. The Labute approximate surface area is 266 Å². The molecule has 1 aliphatic carbocycles. The van der Waals surface area contributed by atoms with Crippen LogP contribution in [0.1, 0.15) is 86.7 Å². The molecule has 0 unspecified atom stereocenters. The van der Waals surface area contributed by atoms with Crippen LogP contribution in [0.15, 0.2) is 91.0 Å². The molecule has 2 amide bonds. The predicted molar refractivity (Wildman–Crippen MR) is 175 cm³/mol. The van der Waals surface area contributed by atoms with E-state index in [9.17, 15) is 9.59 Å². The summed E-state index contributed by atoms with van der Waals surface area (Å²) < 4.78 is 2.22. The first-order valence-electron chi connectivity index (χ1n) is 15.1. The van der Waals surface area contributed by atoms with Gasteiger partial charge < -0.3 is 10.6 Å². The van der Waals surface area contributed by atoms with E-state index in [1.54, 1.807) is 24.3 Å². The van der Waals surface area contributed by atoms with Gasteiger partial charge in [0.1, 0.15) is 0 Å². The first-order valence-corrected chi connectivity index (χ1v) is 15.8. The Balaban J connectivity index is 1.23. The molecule has 2 N–H and O–H groups in total. The molecular weight excluding hydrogens is 591 g/mol. The molecule has 7 rings (SSSR count). The van der Waals surface area contributed by atoms with Crippen molar-refractivity contribution in [1.82, 2.24) is 14.7 Å². The SMILES string of the molecule is NC(=O)c1ccccc1C(=O)N1CCC(c2nn(C3CC3)c3ccc(C(c4ccc(Cl)cc4)c4ccc(Cl)cc4)cc23)CC1. The molecule has 222 valence electrons. The van der Waals surface area contributed by atoms with Crippen molar-refractivity contribution in [1.29, 1.82) is 0 Å². The first-order chi connectivity index (χ1) is 21.4. The molecule has 1 aliphatic heterocycles. The van der Waals surface area contributed by atoms with E-state index >= 15 is 0 Å². The fourth-order valence-electron chi connectivity index (χ4n) is 6.56. The quantitative estimate of drug-likeness (QED) is 0.187. The van der Waals surface area contributed by atoms with Gasteiger partial charge in [-0.3, -0.25) is 14.3 Å². The molecule has 2 heterocycles. The zero-order valence-electron chi connectivity index (χ0n) is 24.1. The number of nitrogens with two attached hydrogens (primary N) is 1. The molecule has 0 spiro atoms. The molecule has 2 fully saturated rings. The lowest BCUT2D eigenvalue weighted by Gasteiger charge is -2.32. The molecule has 1 saturated heterocycles. The van der Waals surface area contributed by atoms with Gasteiger partial charge in [0.25, 0.3) is 5.91 Å². The zero-order chi connectivity index (χ0) is 30.4. The van der Waals surface area contributed by atoms with Crippen LogP contribution in [-0.4, -0.2) is 39.6 Å². The highest BCUT2D eigenvalue weighted by Gasteiger charge is 2.33. The maximum Gasteiger partial charge on any atom is 0.254 e. The summed E-state index contributed by atoms with van der Waals surface area (Å²) >= 11 is 12.5.